The minimum absolute atomic E-state index is 0.117. The van der Waals surface area contributed by atoms with Crippen molar-refractivity contribution in [3.8, 4) is 0 Å². The molecule has 0 radical (unpaired) electrons. The molecule has 0 saturated carbocycles. The van der Waals surface area contributed by atoms with Gasteiger partial charge in [-0.25, -0.2) is 4.98 Å². The van der Waals surface area contributed by atoms with Crippen LogP contribution in [-0.2, 0) is 14.3 Å². The fourth-order valence-corrected chi connectivity index (χ4v) is 6.15. The summed E-state index contributed by atoms with van der Waals surface area (Å²) < 4.78 is 6.98. The first-order valence-corrected chi connectivity index (χ1v) is 13.6. The van der Waals surface area contributed by atoms with Crippen LogP contribution in [0.2, 0.25) is 0 Å². The van der Waals surface area contributed by atoms with Crippen molar-refractivity contribution in [2.24, 2.45) is 17.3 Å². The normalized spacial score (nSPS) is 35.6. The number of cyclic esters (lactones) is 1. The van der Waals surface area contributed by atoms with E-state index in [4.69, 9.17) is 4.74 Å². The summed E-state index contributed by atoms with van der Waals surface area (Å²) in [7, 11) is 0. The highest BCUT2D eigenvalue weighted by molar-refractivity contribution is 7.18. The van der Waals surface area contributed by atoms with Gasteiger partial charge in [0, 0.05) is 24.4 Å². The third-order valence-electron chi connectivity index (χ3n) is 7.98. The standard InChI is InChI=1S/C28H38N2O5S/c1-14-7-9-21(18-8-10-22-19(12-18)29-17(4)36-22)35-24(32)13-23(31)28(5,6)27(34)16(3)26(33)15(2)25-20(11-14)30-25/h7-8,10,12,15-16,20-21,23,25-26,30-31,33H,9,11,13H2,1-6H3/b14-7-/t15-,16+,20?,21-,23-,25?,26-/m0/s1. The van der Waals surface area contributed by atoms with Crippen molar-refractivity contribution in [3.63, 3.8) is 0 Å². The van der Waals surface area contributed by atoms with Gasteiger partial charge in [-0.3, -0.25) is 9.59 Å². The third kappa shape index (κ3) is 5.57. The summed E-state index contributed by atoms with van der Waals surface area (Å²) in [5, 5.41) is 26.3. The summed E-state index contributed by atoms with van der Waals surface area (Å²) in [5.74, 6) is -1.61. The van der Waals surface area contributed by atoms with Crippen LogP contribution in [0.5, 0.6) is 0 Å². The van der Waals surface area contributed by atoms with Gasteiger partial charge >= 0.3 is 5.97 Å². The largest absolute Gasteiger partial charge is 0.457 e. The highest BCUT2D eigenvalue weighted by Gasteiger charge is 2.47. The van der Waals surface area contributed by atoms with E-state index in [9.17, 15) is 19.8 Å². The van der Waals surface area contributed by atoms with Gasteiger partial charge in [-0.1, -0.05) is 45.4 Å². The Balaban J connectivity index is 1.64. The van der Waals surface area contributed by atoms with Crippen molar-refractivity contribution in [1.82, 2.24) is 10.3 Å². The fraction of sp³-hybridized carbons (Fsp3) is 0.607. The minimum atomic E-state index is -1.23. The van der Waals surface area contributed by atoms with Crippen molar-refractivity contribution in [2.75, 3.05) is 0 Å². The maximum Gasteiger partial charge on any atom is 0.309 e. The molecular weight excluding hydrogens is 476 g/mol. The topological polar surface area (TPSA) is 119 Å². The molecule has 7 nitrogen and oxygen atoms in total. The Labute approximate surface area is 217 Å². The maximum absolute atomic E-state index is 13.3. The molecule has 2 aliphatic heterocycles. The average molecular weight is 515 g/mol. The van der Waals surface area contributed by atoms with Gasteiger partial charge in [-0.15, -0.1) is 11.3 Å². The number of fused-ring (bicyclic) bond motifs is 2. The van der Waals surface area contributed by atoms with E-state index in [1.165, 1.54) is 5.57 Å². The fourth-order valence-electron chi connectivity index (χ4n) is 5.34. The Morgan fingerprint density at radius 1 is 1.14 bits per heavy atom. The molecule has 0 spiro atoms. The van der Waals surface area contributed by atoms with Crippen LogP contribution < -0.4 is 5.32 Å². The number of carbonyl (C=O) groups excluding carboxylic acids is 2. The van der Waals surface area contributed by atoms with Crippen LogP contribution >= 0.6 is 11.3 Å². The molecule has 0 aliphatic carbocycles. The van der Waals surface area contributed by atoms with Crippen LogP contribution in [0.3, 0.4) is 0 Å². The van der Waals surface area contributed by atoms with Gasteiger partial charge in [0.1, 0.15) is 11.9 Å². The number of ether oxygens (including phenoxy) is 1. The molecule has 3 heterocycles. The number of thiazole rings is 1. The molecule has 0 amide bonds. The number of nitrogens with one attached hydrogen (secondary N) is 1. The average Bonchev–Trinajstić information content (AvgIpc) is 3.48. The molecule has 0 bridgehead atoms. The first-order chi connectivity index (χ1) is 16.9. The van der Waals surface area contributed by atoms with E-state index in [0.717, 1.165) is 27.2 Å². The van der Waals surface area contributed by atoms with Crippen LogP contribution in [0, 0.1) is 24.2 Å². The van der Waals surface area contributed by atoms with Crippen molar-refractivity contribution in [1.29, 1.82) is 0 Å². The van der Waals surface area contributed by atoms with Crippen LogP contribution in [0.25, 0.3) is 10.2 Å². The number of Topliss-reactive ketones (excluding diaryl/α,β-unsaturated/α-hetero) is 1. The number of ketones is 1. The molecule has 2 aliphatic rings. The molecule has 8 heteroatoms. The van der Waals surface area contributed by atoms with Crippen LogP contribution in [0.4, 0.5) is 0 Å². The second-order valence-electron chi connectivity index (χ2n) is 11.2. The molecule has 1 saturated heterocycles. The zero-order chi connectivity index (χ0) is 26.4. The number of nitrogens with zero attached hydrogens (tertiary/aromatic N) is 1. The predicted octanol–water partition coefficient (Wildman–Crippen LogP) is 4.25. The van der Waals surface area contributed by atoms with Crippen molar-refractivity contribution in [3.05, 3.63) is 40.4 Å². The summed E-state index contributed by atoms with van der Waals surface area (Å²) >= 11 is 1.62. The van der Waals surface area contributed by atoms with Gasteiger partial charge in [0.2, 0.25) is 0 Å². The van der Waals surface area contributed by atoms with Gasteiger partial charge < -0.3 is 20.3 Å². The van der Waals surface area contributed by atoms with Crippen LogP contribution in [-0.4, -0.2) is 51.2 Å². The van der Waals surface area contributed by atoms with Gasteiger partial charge in [-0.05, 0) is 43.9 Å². The van der Waals surface area contributed by atoms with Crippen molar-refractivity contribution >= 4 is 33.3 Å². The number of carbonyl (C=O) groups is 2. The monoisotopic (exact) mass is 514 g/mol. The molecule has 36 heavy (non-hydrogen) atoms. The number of hydrogen-bond donors (Lipinski definition) is 3. The lowest BCUT2D eigenvalue weighted by Crippen LogP contribution is -2.46. The molecule has 2 unspecified atom stereocenters. The molecule has 1 fully saturated rings. The SMILES string of the molecule is C/C1=C/C[C@@H](c2ccc3sc(C)nc3c2)OC(=O)C[C@H](O)C(C)(C)C(=O)[C@H](C)[C@@H](O)[C@@H](C)C2NC2C1. The molecule has 7 atom stereocenters. The van der Waals surface area contributed by atoms with Gasteiger partial charge in [0.15, 0.2) is 0 Å². The molecule has 4 rings (SSSR count). The second-order valence-corrected chi connectivity index (χ2v) is 12.4. The summed E-state index contributed by atoms with van der Waals surface area (Å²) in [6, 6.07) is 6.29. The lowest BCUT2D eigenvalue weighted by molar-refractivity contribution is -0.155. The van der Waals surface area contributed by atoms with Crippen molar-refractivity contribution in [2.45, 2.75) is 91.2 Å². The lowest BCUT2D eigenvalue weighted by Gasteiger charge is -2.34. The zero-order valence-corrected chi connectivity index (χ0v) is 22.8. The highest BCUT2D eigenvalue weighted by atomic mass is 32.1. The van der Waals surface area contributed by atoms with Crippen LogP contribution in [0.15, 0.2) is 29.8 Å². The molecule has 196 valence electrons. The summed E-state index contributed by atoms with van der Waals surface area (Å²) in [6.07, 6.45) is 0.510. The number of esters is 1. The number of aliphatic hydroxyl groups is 2. The Bertz CT molecular complexity index is 1170. The maximum atomic E-state index is 13.3. The zero-order valence-electron chi connectivity index (χ0n) is 21.9. The number of rotatable bonds is 1. The predicted molar refractivity (Wildman–Crippen MR) is 141 cm³/mol. The van der Waals surface area contributed by atoms with Crippen molar-refractivity contribution < 1.29 is 24.5 Å². The number of aromatic nitrogens is 1. The molecule has 3 N–H and O–H groups in total. The first-order valence-electron chi connectivity index (χ1n) is 12.8. The van der Waals surface area contributed by atoms with E-state index in [-0.39, 0.29) is 30.2 Å². The first kappa shape index (κ1) is 26.9. The number of aryl methyl sites for hydroxylation is 1. The quantitative estimate of drug-likeness (QED) is 0.296. The minimum Gasteiger partial charge on any atom is -0.457 e. The van der Waals surface area contributed by atoms with Gasteiger partial charge in [-0.2, -0.15) is 0 Å². The number of aliphatic hydroxyl groups excluding tert-OH is 2. The number of hydrogen-bond acceptors (Lipinski definition) is 8. The summed E-state index contributed by atoms with van der Waals surface area (Å²) in [4.78, 5) is 30.9. The smallest absolute Gasteiger partial charge is 0.309 e. The Morgan fingerprint density at radius 2 is 1.86 bits per heavy atom. The molecule has 1 aromatic heterocycles. The molecular formula is C28H38N2O5S. The Hall–Kier alpha value is -2.13. The van der Waals surface area contributed by atoms with E-state index >= 15 is 0 Å². The summed E-state index contributed by atoms with van der Waals surface area (Å²) in [6.45, 7) is 10.9. The third-order valence-corrected chi connectivity index (χ3v) is 8.93. The van der Waals surface area contributed by atoms with E-state index in [1.54, 1.807) is 32.1 Å². The molecule has 2 aromatic rings. The Kier molecular flexibility index (Phi) is 7.72. The van der Waals surface area contributed by atoms with E-state index in [1.807, 2.05) is 32.0 Å². The lowest BCUT2D eigenvalue weighted by atomic mass is 9.73. The van der Waals surface area contributed by atoms with Gasteiger partial charge in [0.25, 0.3) is 0 Å². The molecule has 1 aromatic carbocycles. The second kappa shape index (κ2) is 10.3. The van der Waals surface area contributed by atoms with Gasteiger partial charge in [0.05, 0.1) is 39.3 Å². The van der Waals surface area contributed by atoms with E-state index in [2.05, 4.69) is 23.3 Å². The van der Waals surface area contributed by atoms with E-state index < -0.39 is 35.6 Å². The number of benzene rings is 1. The van der Waals surface area contributed by atoms with E-state index in [0.29, 0.717) is 6.42 Å². The summed E-state index contributed by atoms with van der Waals surface area (Å²) in [5.41, 5.74) is 1.68. The Morgan fingerprint density at radius 3 is 2.58 bits per heavy atom. The highest BCUT2D eigenvalue weighted by Crippen LogP contribution is 2.36. The van der Waals surface area contributed by atoms with Crippen LogP contribution in [0.1, 0.15) is 70.6 Å².